The van der Waals surface area contributed by atoms with Crippen molar-refractivity contribution in [1.82, 2.24) is 0 Å². The number of rotatable bonds is 3. The molecule has 1 aromatic rings. The van der Waals surface area contributed by atoms with E-state index >= 15 is 0 Å². The number of hydrogen-bond acceptors (Lipinski definition) is 1. The molecule has 0 radical (unpaired) electrons. The molecule has 0 amide bonds. The van der Waals surface area contributed by atoms with Crippen LogP contribution < -0.4 is 5.73 Å². The molecule has 1 aromatic carbocycles. The van der Waals surface area contributed by atoms with Crippen LogP contribution in [-0.2, 0) is 6.42 Å². The monoisotopic (exact) mass is 199 g/mol. The van der Waals surface area contributed by atoms with Crippen LogP contribution >= 0.6 is 0 Å². The minimum absolute atomic E-state index is 0.241. The molecule has 1 rings (SSSR count). The van der Waals surface area contributed by atoms with E-state index in [2.05, 4.69) is 0 Å². The van der Waals surface area contributed by atoms with Crippen molar-refractivity contribution in [1.29, 1.82) is 0 Å². The predicted molar refractivity (Wildman–Crippen MR) is 53.6 cm³/mol. The molecule has 1 atom stereocenters. The second kappa shape index (κ2) is 4.51. The van der Waals surface area contributed by atoms with E-state index in [0.29, 0.717) is 0 Å². The van der Waals surface area contributed by atoms with Gasteiger partial charge in [-0.15, -0.1) is 0 Å². The van der Waals surface area contributed by atoms with Gasteiger partial charge < -0.3 is 5.73 Å². The summed E-state index contributed by atoms with van der Waals surface area (Å²) < 4.78 is 24.4. The highest BCUT2D eigenvalue weighted by Crippen LogP contribution is 2.14. The second-order valence-electron chi connectivity index (χ2n) is 3.63. The van der Waals surface area contributed by atoms with Crippen LogP contribution in [0, 0.1) is 13.8 Å². The SMILES string of the molecule is Cc1ccc(C)c(CC(N)C(F)F)c1. The van der Waals surface area contributed by atoms with Gasteiger partial charge in [0.2, 0.25) is 0 Å². The van der Waals surface area contributed by atoms with Crippen LogP contribution in [0.1, 0.15) is 16.7 Å². The van der Waals surface area contributed by atoms with Crippen molar-refractivity contribution in [3.63, 3.8) is 0 Å². The van der Waals surface area contributed by atoms with Crippen LogP contribution in [0.5, 0.6) is 0 Å². The summed E-state index contributed by atoms with van der Waals surface area (Å²) in [5.41, 5.74) is 8.33. The van der Waals surface area contributed by atoms with Crippen molar-refractivity contribution in [3.8, 4) is 0 Å². The maximum absolute atomic E-state index is 12.2. The molecule has 1 nitrogen and oxygen atoms in total. The molecule has 2 N–H and O–H groups in total. The fourth-order valence-electron chi connectivity index (χ4n) is 1.36. The van der Waals surface area contributed by atoms with Crippen LogP contribution in [0.25, 0.3) is 0 Å². The molecular formula is C11H15F2N. The van der Waals surface area contributed by atoms with Gasteiger partial charge in [-0.3, -0.25) is 0 Å². The standard InChI is InChI=1S/C11H15F2N/c1-7-3-4-8(2)9(5-7)6-10(14)11(12)13/h3-5,10-11H,6,14H2,1-2H3. The quantitative estimate of drug-likeness (QED) is 0.795. The molecule has 3 heteroatoms. The van der Waals surface area contributed by atoms with Gasteiger partial charge in [-0.1, -0.05) is 23.8 Å². The van der Waals surface area contributed by atoms with E-state index in [1.54, 1.807) is 0 Å². The highest BCUT2D eigenvalue weighted by molar-refractivity contribution is 5.31. The molecule has 0 heterocycles. The Hall–Kier alpha value is -0.960. The lowest BCUT2D eigenvalue weighted by Crippen LogP contribution is -2.31. The Morgan fingerprint density at radius 3 is 2.50 bits per heavy atom. The lowest BCUT2D eigenvalue weighted by Gasteiger charge is -2.12. The average Bonchev–Trinajstić information content (AvgIpc) is 2.11. The zero-order chi connectivity index (χ0) is 10.7. The van der Waals surface area contributed by atoms with Crippen LogP contribution in [0.15, 0.2) is 18.2 Å². The van der Waals surface area contributed by atoms with E-state index in [1.807, 2.05) is 32.0 Å². The van der Waals surface area contributed by atoms with E-state index in [0.717, 1.165) is 16.7 Å². The molecule has 0 aliphatic rings. The van der Waals surface area contributed by atoms with Crippen LogP contribution in [0.4, 0.5) is 8.78 Å². The Kier molecular flexibility index (Phi) is 3.58. The molecule has 0 bridgehead atoms. The summed E-state index contributed by atoms with van der Waals surface area (Å²) in [5, 5.41) is 0. The van der Waals surface area contributed by atoms with Gasteiger partial charge in [0.15, 0.2) is 0 Å². The van der Waals surface area contributed by atoms with E-state index in [4.69, 9.17) is 5.73 Å². The van der Waals surface area contributed by atoms with Crippen molar-refractivity contribution in [3.05, 3.63) is 34.9 Å². The first-order valence-corrected chi connectivity index (χ1v) is 4.60. The maximum atomic E-state index is 12.2. The Balaban J connectivity index is 2.80. The third-order valence-corrected chi connectivity index (χ3v) is 2.28. The van der Waals surface area contributed by atoms with Crippen molar-refractivity contribution in [2.45, 2.75) is 32.7 Å². The summed E-state index contributed by atoms with van der Waals surface area (Å²) in [6.07, 6.45) is -2.21. The van der Waals surface area contributed by atoms with Gasteiger partial charge in [0.25, 0.3) is 6.43 Å². The van der Waals surface area contributed by atoms with Crippen molar-refractivity contribution in [2.75, 3.05) is 0 Å². The molecule has 14 heavy (non-hydrogen) atoms. The molecule has 0 aliphatic heterocycles. The van der Waals surface area contributed by atoms with Gasteiger partial charge in [0, 0.05) is 0 Å². The predicted octanol–water partition coefficient (Wildman–Crippen LogP) is 2.44. The van der Waals surface area contributed by atoms with Crippen LogP contribution in [-0.4, -0.2) is 12.5 Å². The Morgan fingerprint density at radius 1 is 1.29 bits per heavy atom. The summed E-state index contributed by atoms with van der Waals surface area (Å²) in [4.78, 5) is 0. The number of aryl methyl sites for hydroxylation is 2. The molecule has 1 unspecified atom stereocenters. The molecule has 0 saturated heterocycles. The first kappa shape index (κ1) is 11.1. The lowest BCUT2D eigenvalue weighted by atomic mass is 9.99. The number of alkyl halides is 2. The van der Waals surface area contributed by atoms with Crippen molar-refractivity contribution < 1.29 is 8.78 Å². The van der Waals surface area contributed by atoms with Gasteiger partial charge in [-0.05, 0) is 31.4 Å². The third-order valence-electron chi connectivity index (χ3n) is 2.28. The molecular weight excluding hydrogens is 184 g/mol. The number of halogens is 2. The maximum Gasteiger partial charge on any atom is 0.253 e. The number of nitrogens with two attached hydrogens (primary N) is 1. The molecule has 0 fully saturated rings. The van der Waals surface area contributed by atoms with Gasteiger partial charge in [-0.2, -0.15) is 0 Å². The van der Waals surface area contributed by atoms with E-state index in [9.17, 15) is 8.78 Å². The zero-order valence-corrected chi connectivity index (χ0v) is 8.43. The zero-order valence-electron chi connectivity index (χ0n) is 8.43. The molecule has 0 aromatic heterocycles. The lowest BCUT2D eigenvalue weighted by molar-refractivity contribution is 0.116. The minimum atomic E-state index is -2.45. The Bertz CT molecular complexity index is 310. The molecule has 0 saturated carbocycles. The first-order chi connectivity index (χ1) is 6.50. The van der Waals surface area contributed by atoms with Crippen LogP contribution in [0.2, 0.25) is 0 Å². The molecule has 0 spiro atoms. The topological polar surface area (TPSA) is 26.0 Å². The summed E-state index contributed by atoms with van der Waals surface area (Å²) in [6.45, 7) is 3.85. The largest absolute Gasteiger partial charge is 0.323 e. The Labute approximate surface area is 82.9 Å². The normalized spacial score (nSPS) is 13.3. The van der Waals surface area contributed by atoms with Crippen LogP contribution in [0.3, 0.4) is 0 Å². The average molecular weight is 199 g/mol. The summed E-state index contributed by atoms with van der Waals surface area (Å²) in [6, 6.07) is 4.75. The fourth-order valence-corrected chi connectivity index (χ4v) is 1.36. The van der Waals surface area contributed by atoms with E-state index < -0.39 is 12.5 Å². The van der Waals surface area contributed by atoms with Gasteiger partial charge in [0.05, 0.1) is 6.04 Å². The summed E-state index contributed by atoms with van der Waals surface area (Å²) in [7, 11) is 0. The Morgan fingerprint density at radius 2 is 1.93 bits per heavy atom. The summed E-state index contributed by atoms with van der Waals surface area (Å²) >= 11 is 0. The summed E-state index contributed by atoms with van der Waals surface area (Å²) in [5.74, 6) is 0. The molecule has 0 aliphatic carbocycles. The first-order valence-electron chi connectivity index (χ1n) is 4.60. The van der Waals surface area contributed by atoms with E-state index in [-0.39, 0.29) is 6.42 Å². The minimum Gasteiger partial charge on any atom is -0.323 e. The number of benzene rings is 1. The van der Waals surface area contributed by atoms with Gasteiger partial charge in [0.1, 0.15) is 0 Å². The van der Waals surface area contributed by atoms with Crippen molar-refractivity contribution >= 4 is 0 Å². The highest BCUT2D eigenvalue weighted by atomic mass is 19.3. The van der Waals surface area contributed by atoms with Gasteiger partial charge >= 0.3 is 0 Å². The molecule has 78 valence electrons. The highest BCUT2D eigenvalue weighted by Gasteiger charge is 2.16. The van der Waals surface area contributed by atoms with Crippen molar-refractivity contribution in [2.24, 2.45) is 5.73 Å². The van der Waals surface area contributed by atoms with E-state index in [1.165, 1.54) is 0 Å². The van der Waals surface area contributed by atoms with Gasteiger partial charge in [-0.25, -0.2) is 8.78 Å². The smallest absolute Gasteiger partial charge is 0.253 e. The fraction of sp³-hybridized carbons (Fsp3) is 0.455. The number of hydrogen-bond donors (Lipinski definition) is 1. The second-order valence-corrected chi connectivity index (χ2v) is 3.63. The third kappa shape index (κ3) is 2.77.